The van der Waals surface area contributed by atoms with Crippen LogP contribution in [-0.4, -0.2) is 59.3 Å². The van der Waals surface area contributed by atoms with Gasteiger partial charge in [0.25, 0.3) is 0 Å². The Labute approximate surface area is 121 Å². The molecule has 4 atom stereocenters. The Morgan fingerprint density at radius 1 is 1.48 bits per heavy atom. The number of aromatic nitrogens is 3. The molecule has 0 bridgehead atoms. The van der Waals surface area contributed by atoms with Gasteiger partial charge in [-0.25, -0.2) is 9.67 Å². The second-order valence-corrected chi connectivity index (χ2v) is 5.95. The Bertz CT molecular complexity index is 566. The van der Waals surface area contributed by atoms with Crippen LogP contribution in [0.3, 0.4) is 0 Å². The summed E-state index contributed by atoms with van der Waals surface area (Å²) < 4.78 is 6.95. The first kappa shape index (κ1) is 15.8. The Kier molecular flexibility index (Phi) is 3.57. The van der Waals surface area contributed by atoms with Gasteiger partial charge in [0.1, 0.15) is 23.6 Å². The second-order valence-electron chi connectivity index (χ2n) is 5.95. The predicted octanol–water partition coefficient (Wildman–Crippen LogP) is -1.35. The van der Waals surface area contributed by atoms with Crippen molar-refractivity contribution >= 4 is 5.84 Å². The molecule has 2 rings (SSSR count). The van der Waals surface area contributed by atoms with E-state index in [1.807, 2.05) is 0 Å². The monoisotopic (exact) mass is 299 g/mol. The van der Waals surface area contributed by atoms with Gasteiger partial charge in [-0.15, -0.1) is 5.10 Å². The predicted molar refractivity (Wildman–Crippen MR) is 72.6 cm³/mol. The highest BCUT2D eigenvalue weighted by Gasteiger charge is 2.59. The van der Waals surface area contributed by atoms with E-state index in [1.54, 1.807) is 6.92 Å². The molecule has 1 aromatic heterocycles. The maximum atomic E-state index is 10.2. The van der Waals surface area contributed by atoms with Gasteiger partial charge in [-0.2, -0.15) is 0 Å². The Balaban J connectivity index is 2.41. The van der Waals surface area contributed by atoms with E-state index in [1.165, 1.54) is 25.5 Å². The summed E-state index contributed by atoms with van der Waals surface area (Å²) in [5.41, 5.74) is 2.56. The second kappa shape index (κ2) is 4.73. The smallest absolute Gasteiger partial charge is 0.216 e. The molecule has 0 unspecified atom stereocenters. The van der Waals surface area contributed by atoms with Crippen LogP contribution in [0.5, 0.6) is 0 Å². The number of hydrogen-bond donors (Lipinski definition) is 5. The van der Waals surface area contributed by atoms with Crippen molar-refractivity contribution < 1.29 is 20.1 Å². The summed E-state index contributed by atoms with van der Waals surface area (Å²) in [6, 6.07) is 0. The Hall–Kier alpha value is -1.55. The number of nitrogens with two attached hydrogens (primary N) is 1. The van der Waals surface area contributed by atoms with Crippen molar-refractivity contribution in [2.45, 2.75) is 57.3 Å². The zero-order valence-electron chi connectivity index (χ0n) is 12.4. The SMILES string of the molecule is Cc1nc(C(=N)N)nn1[C@@H]1O[C@](C)(C(C)(C)O)[C@@H](O)[C@H]1O. The highest BCUT2D eigenvalue weighted by atomic mass is 16.6. The van der Waals surface area contributed by atoms with Crippen molar-refractivity contribution in [1.29, 1.82) is 5.41 Å². The van der Waals surface area contributed by atoms with E-state index in [-0.39, 0.29) is 11.7 Å². The number of ether oxygens (including phenoxy) is 1. The molecule has 0 saturated carbocycles. The largest absolute Gasteiger partial charge is 0.387 e. The number of nitrogen functional groups attached to an aromatic ring is 1. The van der Waals surface area contributed by atoms with Gasteiger partial charge < -0.3 is 25.8 Å². The fourth-order valence-electron chi connectivity index (χ4n) is 2.33. The lowest BCUT2D eigenvalue weighted by Gasteiger charge is -2.38. The maximum Gasteiger partial charge on any atom is 0.216 e. The van der Waals surface area contributed by atoms with Crippen molar-refractivity contribution in [1.82, 2.24) is 14.8 Å². The molecule has 1 fully saturated rings. The zero-order chi connectivity index (χ0) is 16.2. The van der Waals surface area contributed by atoms with Crippen LogP contribution < -0.4 is 5.73 Å². The van der Waals surface area contributed by atoms with Crippen molar-refractivity contribution in [3.05, 3.63) is 11.6 Å². The molecular formula is C12H21N5O4. The molecule has 0 spiro atoms. The minimum absolute atomic E-state index is 0.00894. The molecule has 0 aromatic carbocycles. The van der Waals surface area contributed by atoms with Gasteiger partial charge in [0.2, 0.25) is 5.82 Å². The van der Waals surface area contributed by atoms with Crippen LogP contribution in [0.15, 0.2) is 0 Å². The van der Waals surface area contributed by atoms with E-state index in [2.05, 4.69) is 10.1 Å². The number of aryl methyl sites for hydroxylation is 1. The number of rotatable bonds is 3. The van der Waals surface area contributed by atoms with Crippen LogP contribution in [0.2, 0.25) is 0 Å². The molecular weight excluding hydrogens is 278 g/mol. The summed E-state index contributed by atoms with van der Waals surface area (Å²) in [4.78, 5) is 3.99. The average Bonchev–Trinajstić information content (AvgIpc) is 2.83. The van der Waals surface area contributed by atoms with Crippen LogP contribution in [-0.2, 0) is 4.74 Å². The summed E-state index contributed by atoms with van der Waals surface area (Å²) in [6.07, 6.45) is -3.65. The van der Waals surface area contributed by atoms with Crippen LogP contribution in [0.1, 0.15) is 38.6 Å². The summed E-state index contributed by atoms with van der Waals surface area (Å²) in [5, 5.41) is 42.0. The number of nitrogens with one attached hydrogen (secondary N) is 1. The van der Waals surface area contributed by atoms with Crippen molar-refractivity contribution in [2.24, 2.45) is 5.73 Å². The molecule has 1 aliphatic heterocycles. The number of aliphatic hydroxyl groups is 3. The summed E-state index contributed by atoms with van der Waals surface area (Å²) in [6.45, 7) is 6.10. The standard InChI is InChI=1S/C12H21N5O4/c1-5-15-9(8(13)14)16-17(5)10-6(18)7(19)12(4,21-10)11(2,3)20/h6-7,10,18-20H,1-4H3,(H3,13,14)/t6-,7+,10-,12+/m1/s1. The van der Waals surface area contributed by atoms with Crippen LogP contribution in [0.4, 0.5) is 0 Å². The summed E-state index contributed by atoms with van der Waals surface area (Å²) in [5.74, 6) is 0.0706. The number of nitrogens with zero attached hydrogens (tertiary/aromatic N) is 3. The lowest BCUT2D eigenvalue weighted by atomic mass is 9.82. The zero-order valence-corrected chi connectivity index (χ0v) is 12.4. The van der Waals surface area contributed by atoms with Gasteiger partial charge >= 0.3 is 0 Å². The van der Waals surface area contributed by atoms with Gasteiger partial charge in [0.15, 0.2) is 12.1 Å². The summed E-state index contributed by atoms with van der Waals surface area (Å²) >= 11 is 0. The lowest BCUT2D eigenvalue weighted by Crippen LogP contribution is -2.55. The van der Waals surface area contributed by atoms with Crippen LogP contribution in [0, 0.1) is 12.3 Å². The minimum Gasteiger partial charge on any atom is -0.387 e. The third-order valence-corrected chi connectivity index (χ3v) is 4.04. The molecule has 21 heavy (non-hydrogen) atoms. The first-order valence-electron chi connectivity index (χ1n) is 6.53. The third-order valence-electron chi connectivity index (χ3n) is 4.04. The van der Waals surface area contributed by atoms with Crippen molar-refractivity contribution in [2.75, 3.05) is 0 Å². The highest BCUT2D eigenvalue weighted by Crippen LogP contribution is 2.43. The van der Waals surface area contributed by atoms with Gasteiger partial charge in [-0.05, 0) is 27.7 Å². The average molecular weight is 299 g/mol. The molecule has 0 aliphatic carbocycles. The highest BCUT2D eigenvalue weighted by molar-refractivity contribution is 5.91. The van der Waals surface area contributed by atoms with Crippen molar-refractivity contribution in [3.63, 3.8) is 0 Å². The number of amidine groups is 1. The van der Waals surface area contributed by atoms with Gasteiger partial charge in [-0.1, -0.05) is 0 Å². The topological polar surface area (TPSA) is 150 Å². The normalized spacial score (nSPS) is 33.4. The first-order chi connectivity index (χ1) is 9.49. The van der Waals surface area contributed by atoms with E-state index < -0.39 is 29.6 Å². The Morgan fingerprint density at radius 3 is 2.43 bits per heavy atom. The van der Waals surface area contributed by atoms with Gasteiger partial charge in [0.05, 0.1) is 5.60 Å². The lowest BCUT2D eigenvalue weighted by molar-refractivity contribution is -0.192. The third kappa shape index (κ3) is 2.31. The number of hydrogen-bond acceptors (Lipinski definition) is 7. The molecule has 1 aromatic rings. The van der Waals surface area contributed by atoms with Crippen LogP contribution >= 0.6 is 0 Å². The minimum atomic E-state index is -1.39. The fourth-order valence-corrected chi connectivity index (χ4v) is 2.33. The maximum absolute atomic E-state index is 10.2. The number of aliphatic hydroxyl groups excluding tert-OH is 2. The van der Waals surface area contributed by atoms with E-state index in [4.69, 9.17) is 15.9 Å². The van der Waals surface area contributed by atoms with E-state index in [9.17, 15) is 15.3 Å². The fraction of sp³-hybridized carbons (Fsp3) is 0.750. The molecule has 2 heterocycles. The molecule has 0 radical (unpaired) electrons. The van der Waals surface area contributed by atoms with E-state index in [0.717, 1.165) is 0 Å². The van der Waals surface area contributed by atoms with E-state index >= 15 is 0 Å². The van der Waals surface area contributed by atoms with Gasteiger partial charge in [-0.3, -0.25) is 5.41 Å². The Morgan fingerprint density at radius 2 is 2.05 bits per heavy atom. The van der Waals surface area contributed by atoms with Gasteiger partial charge in [0, 0.05) is 0 Å². The molecule has 9 nitrogen and oxygen atoms in total. The van der Waals surface area contributed by atoms with E-state index in [0.29, 0.717) is 5.82 Å². The molecule has 9 heteroatoms. The summed E-state index contributed by atoms with van der Waals surface area (Å²) in [7, 11) is 0. The first-order valence-corrected chi connectivity index (χ1v) is 6.53. The molecule has 0 amide bonds. The molecule has 1 aliphatic rings. The molecule has 6 N–H and O–H groups in total. The van der Waals surface area contributed by atoms with Crippen LogP contribution in [0.25, 0.3) is 0 Å². The van der Waals surface area contributed by atoms with Crippen molar-refractivity contribution in [3.8, 4) is 0 Å². The molecule has 1 saturated heterocycles. The quantitative estimate of drug-likeness (QED) is 0.342. The molecule has 118 valence electrons.